The van der Waals surface area contributed by atoms with Crippen molar-refractivity contribution in [2.45, 2.75) is 26.7 Å². The van der Waals surface area contributed by atoms with Crippen LogP contribution in [0.5, 0.6) is 0 Å². The van der Waals surface area contributed by atoms with E-state index in [4.69, 9.17) is 5.73 Å². The van der Waals surface area contributed by atoms with Crippen LogP contribution < -0.4 is 16.0 Å². The molecule has 3 N–H and O–H groups in total. The first-order valence-electron chi connectivity index (χ1n) is 8.04. The molecular weight excluding hydrogens is 322 g/mol. The lowest BCUT2D eigenvalue weighted by molar-refractivity contribution is -0.115. The maximum absolute atomic E-state index is 12.4. The van der Waals surface area contributed by atoms with Gasteiger partial charge < -0.3 is 16.0 Å². The fraction of sp³-hybridized carbons (Fsp3) is 0.316. The molecule has 2 aromatic carbocycles. The molecule has 1 aliphatic heterocycles. The third-order valence-corrected chi connectivity index (χ3v) is 4.37. The van der Waals surface area contributed by atoms with E-state index in [2.05, 4.69) is 22.3 Å². The van der Waals surface area contributed by atoms with E-state index < -0.39 is 0 Å². The highest BCUT2D eigenvalue weighted by Gasteiger charge is 2.20. The maximum atomic E-state index is 12.4. The first-order valence-corrected chi connectivity index (χ1v) is 8.04. The fourth-order valence-electron chi connectivity index (χ4n) is 3.21. The molecule has 0 fully saturated rings. The van der Waals surface area contributed by atoms with Crippen LogP contribution in [-0.2, 0) is 11.2 Å². The third kappa shape index (κ3) is 3.82. The molecule has 1 amide bonds. The molecule has 3 rings (SSSR count). The number of nitrogens with two attached hydrogens (primary N) is 1. The molecule has 0 aliphatic carbocycles. The zero-order valence-electron chi connectivity index (χ0n) is 14.1. The molecule has 0 bridgehead atoms. The molecule has 0 radical (unpaired) electrons. The van der Waals surface area contributed by atoms with Gasteiger partial charge in [0.1, 0.15) is 0 Å². The second-order valence-electron chi connectivity index (χ2n) is 6.24. The van der Waals surface area contributed by atoms with Crippen molar-refractivity contribution in [3.63, 3.8) is 0 Å². The van der Waals surface area contributed by atoms with Gasteiger partial charge in [-0.3, -0.25) is 4.79 Å². The molecule has 4 nitrogen and oxygen atoms in total. The van der Waals surface area contributed by atoms with E-state index in [9.17, 15) is 4.79 Å². The van der Waals surface area contributed by atoms with Gasteiger partial charge in [0.2, 0.25) is 5.91 Å². The zero-order chi connectivity index (χ0) is 16.4. The predicted octanol–water partition coefficient (Wildman–Crippen LogP) is 3.70. The highest BCUT2D eigenvalue weighted by Crippen LogP contribution is 2.31. The Kier molecular flexibility index (Phi) is 5.73. The van der Waals surface area contributed by atoms with Gasteiger partial charge in [-0.25, -0.2) is 0 Å². The number of rotatable bonds is 3. The van der Waals surface area contributed by atoms with Crippen LogP contribution in [0.4, 0.5) is 17.1 Å². The molecule has 0 spiro atoms. The van der Waals surface area contributed by atoms with Crippen LogP contribution in [0.3, 0.4) is 0 Å². The van der Waals surface area contributed by atoms with Crippen molar-refractivity contribution < 1.29 is 4.79 Å². The molecule has 0 aromatic heterocycles. The van der Waals surface area contributed by atoms with Crippen molar-refractivity contribution in [2.24, 2.45) is 0 Å². The Morgan fingerprint density at radius 2 is 2.04 bits per heavy atom. The second kappa shape index (κ2) is 7.58. The maximum Gasteiger partial charge on any atom is 0.243 e. The minimum atomic E-state index is 0. The number of nitrogens with zero attached hydrogens (tertiary/aromatic N) is 1. The lowest BCUT2D eigenvalue weighted by atomic mass is 10.00. The van der Waals surface area contributed by atoms with E-state index in [-0.39, 0.29) is 18.3 Å². The average molecular weight is 346 g/mol. The van der Waals surface area contributed by atoms with Crippen LogP contribution in [-0.4, -0.2) is 19.0 Å². The number of amides is 1. The van der Waals surface area contributed by atoms with E-state index in [0.29, 0.717) is 6.54 Å². The number of aryl methyl sites for hydroxylation is 2. The summed E-state index contributed by atoms with van der Waals surface area (Å²) in [5.41, 5.74) is 12.3. The van der Waals surface area contributed by atoms with Gasteiger partial charge >= 0.3 is 0 Å². The van der Waals surface area contributed by atoms with Crippen LogP contribution in [0.2, 0.25) is 0 Å². The molecule has 0 atom stereocenters. The monoisotopic (exact) mass is 345 g/mol. The number of fused-ring (bicyclic) bond motifs is 1. The fourth-order valence-corrected chi connectivity index (χ4v) is 3.21. The molecule has 0 saturated heterocycles. The number of carbonyl (C=O) groups excluding carboxylic acids is 1. The van der Waals surface area contributed by atoms with Gasteiger partial charge in [0.25, 0.3) is 0 Å². The topological polar surface area (TPSA) is 58.4 Å². The highest BCUT2D eigenvalue weighted by atomic mass is 35.5. The lowest BCUT2D eigenvalue weighted by Crippen LogP contribution is -2.37. The Labute approximate surface area is 149 Å². The summed E-state index contributed by atoms with van der Waals surface area (Å²) in [5.74, 6) is 0.00669. The predicted molar refractivity (Wildman–Crippen MR) is 103 cm³/mol. The van der Waals surface area contributed by atoms with Gasteiger partial charge in [0.15, 0.2) is 0 Å². The number of halogens is 1. The number of hydrogen-bond acceptors (Lipinski definition) is 3. The minimum Gasteiger partial charge on any atom is -0.398 e. The molecule has 2 aromatic rings. The molecule has 128 valence electrons. The van der Waals surface area contributed by atoms with Gasteiger partial charge in [-0.1, -0.05) is 23.8 Å². The van der Waals surface area contributed by atoms with Gasteiger partial charge in [-0.05, 0) is 56.0 Å². The number of nitrogens with one attached hydrogen (secondary N) is 1. The minimum absolute atomic E-state index is 0. The van der Waals surface area contributed by atoms with E-state index in [1.54, 1.807) is 0 Å². The van der Waals surface area contributed by atoms with Crippen molar-refractivity contribution >= 4 is 35.4 Å². The van der Waals surface area contributed by atoms with Crippen molar-refractivity contribution in [3.05, 3.63) is 53.1 Å². The van der Waals surface area contributed by atoms with Crippen LogP contribution >= 0.6 is 12.4 Å². The van der Waals surface area contributed by atoms with Crippen molar-refractivity contribution in [1.82, 2.24) is 0 Å². The second-order valence-corrected chi connectivity index (χ2v) is 6.24. The third-order valence-electron chi connectivity index (χ3n) is 4.37. The SMILES string of the molecule is Cc1ccc(NC(=O)CN2CCCc3c(N)cccc32)c(C)c1.Cl. The summed E-state index contributed by atoms with van der Waals surface area (Å²) in [6, 6.07) is 12.0. The Bertz CT molecular complexity index is 745. The van der Waals surface area contributed by atoms with Crippen molar-refractivity contribution in [2.75, 3.05) is 29.0 Å². The van der Waals surface area contributed by atoms with Crippen molar-refractivity contribution in [3.8, 4) is 0 Å². The van der Waals surface area contributed by atoms with E-state index in [1.807, 2.05) is 38.1 Å². The Morgan fingerprint density at radius 1 is 1.25 bits per heavy atom. The summed E-state index contributed by atoms with van der Waals surface area (Å²) in [4.78, 5) is 14.5. The molecule has 0 unspecified atom stereocenters. The quantitative estimate of drug-likeness (QED) is 0.834. The van der Waals surface area contributed by atoms with Gasteiger partial charge in [0.05, 0.1) is 6.54 Å². The highest BCUT2D eigenvalue weighted by molar-refractivity contribution is 5.95. The van der Waals surface area contributed by atoms with Crippen LogP contribution in [0.25, 0.3) is 0 Å². The number of anilines is 3. The molecule has 5 heteroatoms. The number of nitrogen functional groups attached to an aromatic ring is 1. The van der Waals surface area contributed by atoms with E-state index >= 15 is 0 Å². The summed E-state index contributed by atoms with van der Waals surface area (Å²) < 4.78 is 0. The van der Waals surface area contributed by atoms with Crippen LogP contribution in [0.15, 0.2) is 36.4 Å². The van der Waals surface area contributed by atoms with Gasteiger partial charge in [-0.15, -0.1) is 12.4 Å². The van der Waals surface area contributed by atoms with Gasteiger partial charge in [-0.2, -0.15) is 0 Å². The molecule has 0 saturated carbocycles. The Hall–Kier alpha value is -2.20. The van der Waals surface area contributed by atoms with Gasteiger partial charge in [0, 0.05) is 23.6 Å². The molecule has 1 aliphatic rings. The Morgan fingerprint density at radius 3 is 2.79 bits per heavy atom. The summed E-state index contributed by atoms with van der Waals surface area (Å²) in [6.07, 6.45) is 2.01. The zero-order valence-corrected chi connectivity index (χ0v) is 15.0. The summed E-state index contributed by atoms with van der Waals surface area (Å²) in [6.45, 7) is 5.30. The summed E-state index contributed by atoms with van der Waals surface area (Å²) in [5, 5.41) is 3.02. The number of carbonyl (C=O) groups is 1. The average Bonchev–Trinajstić information content (AvgIpc) is 2.51. The van der Waals surface area contributed by atoms with Crippen LogP contribution in [0.1, 0.15) is 23.1 Å². The van der Waals surface area contributed by atoms with E-state index in [1.165, 1.54) is 5.56 Å². The molecular formula is C19H24ClN3O. The number of benzene rings is 2. The molecule has 1 heterocycles. The normalized spacial score (nSPS) is 13.0. The summed E-state index contributed by atoms with van der Waals surface area (Å²) in [7, 11) is 0. The van der Waals surface area contributed by atoms with Crippen molar-refractivity contribution in [1.29, 1.82) is 0 Å². The lowest BCUT2D eigenvalue weighted by Gasteiger charge is -2.31. The molecule has 24 heavy (non-hydrogen) atoms. The first-order chi connectivity index (χ1) is 11.0. The smallest absolute Gasteiger partial charge is 0.243 e. The van der Waals surface area contributed by atoms with E-state index in [0.717, 1.165) is 47.6 Å². The first kappa shape index (κ1) is 18.1. The largest absolute Gasteiger partial charge is 0.398 e. The summed E-state index contributed by atoms with van der Waals surface area (Å²) >= 11 is 0. The Balaban J connectivity index is 0.00000208. The number of hydrogen-bond donors (Lipinski definition) is 2. The van der Waals surface area contributed by atoms with Crippen LogP contribution in [0, 0.1) is 13.8 Å². The standard InChI is InChI=1S/C19H23N3O.ClH/c1-13-8-9-17(14(2)11-13)21-19(23)12-22-10-4-5-15-16(20)6-3-7-18(15)22;/h3,6-9,11H,4-5,10,12,20H2,1-2H3,(H,21,23);1H.